The van der Waals surface area contributed by atoms with Gasteiger partial charge in [0.15, 0.2) is 0 Å². The first-order chi connectivity index (χ1) is 9.65. The van der Waals surface area contributed by atoms with Crippen molar-refractivity contribution in [1.82, 2.24) is 5.32 Å². The van der Waals surface area contributed by atoms with Crippen molar-refractivity contribution in [1.29, 1.82) is 0 Å². The van der Waals surface area contributed by atoms with Crippen LogP contribution in [0.15, 0.2) is 18.2 Å². The fraction of sp³-hybridized carbons (Fsp3) is 0.533. The maximum atomic E-state index is 12.8. The normalized spacial score (nSPS) is 15.7. The Balaban J connectivity index is 2.30. The average molecular weight is 300 g/mol. The minimum atomic E-state index is -4.46. The van der Waals surface area contributed by atoms with Crippen LogP contribution in [-0.4, -0.2) is 18.5 Å². The van der Waals surface area contributed by atoms with E-state index in [1.807, 2.05) is 13.8 Å². The highest BCUT2D eigenvalue weighted by molar-refractivity contribution is 6.00. The van der Waals surface area contributed by atoms with Gasteiger partial charge in [-0.15, -0.1) is 0 Å². The third-order valence-electron chi connectivity index (χ3n) is 3.89. The molecule has 0 saturated heterocycles. The van der Waals surface area contributed by atoms with Gasteiger partial charge in [-0.3, -0.25) is 4.79 Å². The molecule has 0 atom stereocenters. The Bertz CT molecular complexity index is 548. The molecule has 0 spiro atoms. The Morgan fingerprint density at radius 2 is 1.86 bits per heavy atom. The van der Waals surface area contributed by atoms with Crippen LogP contribution in [0.1, 0.15) is 42.6 Å². The third kappa shape index (κ3) is 3.49. The summed E-state index contributed by atoms with van der Waals surface area (Å²) in [6.45, 7) is 3.80. The second-order valence-corrected chi connectivity index (χ2v) is 5.96. The maximum absolute atomic E-state index is 12.8. The lowest BCUT2D eigenvalue weighted by atomic mass is 9.97. The molecule has 0 aliphatic heterocycles. The summed E-state index contributed by atoms with van der Waals surface area (Å²) in [4.78, 5) is 12.3. The third-order valence-corrected chi connectivity index (χ3v) is 3.89. The Morgan fingerprint density at radius 3 is 2.33 bits per heavy atom. The molecule has 0 bridgehead atoms. The van der Waals surface area contributed by atoms with Gasteiger partial charge in [0.25, 0.3) is 5.91 Å². The second-order valence-electron chi connectivity index (χ2n) is 5.96. The van der Waals surface area contributed by atoms with Gasteiger partial charge in [-0.25, -0.2) is 0 Å². The largest absolute Gasteiger partial charge is 0.416 e. The molecule has 1 aliphatic carbocycles. The van der Waals surface area contributed by atoms with E-state index >= 15 is 0 Å². The summed E-state index contributed by atoms with van der Waals surface area (Å²) < 4.78 is 38.4. The predicted octanol–water partition coefficient (Wildman–Crippen LogP) is 3.67. The number of carbonyl (C=O) groups is 1. The van der Waals surface area contributed by atoms with Gasteiger partial charge in [-0.2, -0.15) is 13.2 Å². The molecule has 1 aromatic carbocycles. The summed E-state index contributed by atoms with van der Waals surface area (Å²) in [5.41, 5.74) is -0.833. The van der Waals surface area contributed by atoms with Crippen molar-refractivity contribution in [3.05, 3.63) is 29.3 Å². The number of hydrogen-bond acceptors (Lipinski definition) is 2. The minimum Gasteiger partial charge on any atom is -0.387 e. The smallest absolute Gasteiger partial charge is 0.387 e. The molecule has 2 N–H and O–H groups in total. The molecule has 3 nitrogen and oxygen atoms in total. The average Bonchev–Trinajstić information content (AvgIpc) is 3.20. The zero-order chi connectivity index (χ0) is 15.8. The van der Waals surface area contributed by atoms with Crippen LogP contribution >= 0.6 is 0 Å². The standard InChI is InChI=1S/C15H19F3N2O/c1-14(2,9-4-5-9)20-13(21)11-8-10(15(16,17)18)6-7-12(11)19-3/h6-9,19H,4-5H2,1-3H3,(H,20,21). The van der Waals surface area contributed by atoms with Crippen LogP contribution in [0, 0.1) is 5.92 Å². The summed E-state index contributed by atoms with van der Waals surface area (Å²) in [6, 6.07) is 3.14. The van der Waals surface area contributed by atoms with Crippen molar-refractivity contribution in [2.24, 2.45) is 5.92 Å². The van der Waals surface area contributed by atoms with Crippen molar-refractivity contribution in [2.45, 2.75) is 38.4 Å². The van der Waals surface area contributed by atoms with Gasteiger partial charge < -0.3 is 10.6 Å². The van der Waals surface area contributed by atoms with E-state index in [4.69, 9.17) is 0 Å². The first kappa shape index (κ1) is 15.7. The highest BCUT2D eigenvalue weighted by atomic mass is 19.4. The molecular weight excluding hydrogens is 281 g/mol. The number of rotatable bonds is 4. The molecule has 0 radical (unpaired) electrons. The van der Waals surface area contributed by atoms with Gasteiger partial charge in [-0.1, -0.05) is 0 Å². The van der Waals surface area contributed by atoms with Crippen molar-refractivity contribution in [2.75, 3.05) is 12.4 Å². The Hall–Kier alpha value is -1.72. The summed E-state index contributed by atoms with van der Waals surface area (Å²) in [5.74, 6) is -0.0902. The maximum Gasteiger partial charge on any atom is 0.416 e. The van der Waals surface area contributed by atoms with Gasteiger partial charge in [0.1, 0.15) is 0 Å². The van der Waals surface area contributed by atoms with Crippen LogP contribution in [0.25, 0.3) is 0 Å². The minimum absolute atomic E-state index is 0.0149. The molecule has 0 unspecified atom stereocenters. The highest BCUT2D eigenvalue weighted by Gasteiger charge is 2.39. The number of anilines is 1. The van der Waals surface area contributed by atoms with Crippen molar-refractivity contribution in [3.8, 4) is 0 Å². The molecule has 0 aromatic heterocycles. The number of alkyl halides is 3. The van der Waals surface area contributed by atoms with Crippen molar-refractivity contribution < 1.29 is 18.0 Å². The molecular formula is C15H19F3N2O. The molecule has 1 amide bonds. The monoisotopic (exact) mass is 300 g/mol. The Morgan fingerprint density at radius 1 is 1.24 bits per heavy atom. The van der Waals surface area contributed by atoms with Gasteiger partial charge in [0.2, 0.25) is 0 Å². The van der Waals surface area contributed by atoms with Gasteiger partial charge >= 0.3 is 6.18 Å². The second kappa shape index (κ2) is 5.24. The van der Waals surface area contributed by atoms with E-state index < -0.39 is 23.2 Å². The van der Waals surface area contributed by atoms with E-state index in [-0.39, 0.29) is 5.56 Å². The van der Waals surface area contributed by atoms with Crippen molar-refractivity contribution in [3.63, 3.8) is 0 Å². The SMILES string of the molecule is CNc1ccc(C(F)(F)F)cc1C(=O)NC(C)(C)C1CC1. The predicted molar refractivity (Wildman–Crippen MR) is 75.3 cm³/mol. The summed E-state index contributed by atoms with van der Waals surface area (Å²) >= 11 is 0. The summed E-state index contributed by atoms with van der Waals surface area (Å²) in [5, 5.41) is 5.60. The number of hydrogen-bond donors (Lipinski definition) is 2. The first-order valence-corrected chi connectivity index (χ1v) is 6.86. The molecule has 1 aromatic rings. The highest BCUT2D eigenvalue weighted by Crippen LogP contribution is 2.39. The fourth-order valence-electron chi connectivity index (χ4n) is 2.39. The van der Waals surface area contributed by atoms with Crippen LogP contribution in [0.4, 0.5) is 18.9 Å². The fourth-order valence-corrected chi connectivity index (χ4v) is 2.39. The Kier molecular flexibility index (Phi) is 3.91. The van der Waals surface area contributed by atoms with Crippen LogP contribution in [0.5, 0.6) is 0 Å². The van der Waals surface area contributed by atoms with Gasteiger partial charge in [0.05, 0.1) is 11.1 Å². The molecule has 1 aliphatic rings. The lowest BCUT2D eigenvalue weighted by molar-refractivity contribution is -0.137. The zero-order valence-corrected chi connectivity index (χ0v) is 12.3. The topological polar surface area (TPSA) is 41.1 Å². The van der Waals surface area contributed by atoms with E-state index in [1.54, 1.807) is 7.05 Å². The molecule has 1 fully saturated rings. The van der Waals surface area contributed by atoms with E-state index in [0.717, 1.165) is 25.0 Å². The number of benzene rings is 1. The van der Waals surface area contributed by atoms with E-state index in [2.05, 4.69) is 10.6 Å². The number of nitrogens with one attached hydrogen (secondary N) is 2. The molecule has 0 heterocycles. The quantitative estimate of drug-likeness (QED) is 0.891. The number of amides is 1. The van der Waals surface area contributed by atoms with Crippen LogP contribution in [0.2, 0.25) is 0 Å². The van der Waals surface area contributed by atoms with E-state index in [9.17, 15) is 18.0 Å². The van der Waals surface area contributed by atoms with E-state index in [0.29, 0.717) is 11.6 Å². The summed E-state index contributed by atoms with van der Waals surface area (Å²) in [7, 11) is 1.57. The number of halogens is 3. The molecule has 116 valence electrons. The number of carbonyl (C=O) groups excluding carboxylic acids is 1. The zero-order valence-electron chi connectivity index (χ0n) is 12.3. The molecule has 2 rings (SSSR count). The lowest BCUT2D eigenvalue weighted by Crippen LogP contribution is -2.45. The van der Waals surface area contributed by atoms with Gasteiger partial charge in [-0.05, 0) is 50.8 Å². The van der Waals surface area contributed by atoms with Crippen LogP contribution in [-0.2, 0) is 6.18 Å². The molecule has 1 saturated carbocycles. The first-order valence-electron chi connectivity index (χ1n) is 6.86. The van der Waals surface area contributed by atoms with Crippen LogP contribution in [0.3, 0.4) is 0 Å². The lowest BCUT2D eigenvalue weighted by Gasteiger charge is -2.27. The molecule has 6 heteroatoms. The van der Waals surface area contributed by atoms with Crippen LogP contribution < -0.4 is 10.6 Å². The van der Waals surface area contributed by atoms with Gasteiger partial charge in [0, 0.05) is 18.3 Å². The van der Waals surface area contributed by atoms with E-state index in [1.165, 1.54) is 6.07 Å². The summed E-state index contributed by atoms with van der Waals surface area (Å²) in [6.07, 6.45) is -2.39. The van der Waals surface area contributed by atoms with Crippen molar-refractivity contribution >= 4 is 11.6 Å². The molecule has 21 heavy (non-hydrogen) atoms. The Labute approximate surface area is 121 Å².